The highest BCUT2D eigenvalue weighted by atomic mass is 19.4. The Morgan fingerprint density at radius 2 is 2.00 bits per heavy atom. The number of nitrogens with zero attached hydrogens (tertiary/aromatic N) is 2. The molecule has 1 N–H and O–H groups in total. The molecular weight excluding hydrogens is 257 g/mol. The summed E-state index contributed by atoms with van der Waals surface area (Å²) in [4.78, 5) is 4.16. The van der Waals surface area contributed by atoms with Gasteiger partial charge in [0.05, 0.1) is 30.0 Å². The molecule has 0 bridgehead atoms. The quantitative estimate of drug-likeness (QED) is 0.908. The Hall–Kier alpha value is -1.56. The summed E-state index contributed by atoms with van der Waals surface area (Å²) in [6, 6.07) is 7.43. The highest BCUT2D eigenvalue weighted by Gasteiger charge is 2.26. The number of benzene rings is 1. The predicted octanol–water partition coefficient (Wildman–Crippen LogP) is 3.13. The molecule has 2 aromatic rings. The number of halogens is 3. The Balaban J connectivity index is 1.90. The third-order valence-corrected chi connectivity index (χ3v) is 2.93. The fraction of sp³-hybridized carbons (Fsp3) is 0.462. The Kier molecular flexibility index (Phi) is 4.09. The van der Waals surface area contributed by atoms with Gasteiger partial charge in [0.15, 0.2) is 0 Å². The second kappa shape index (κ2) is 5.61. The van der Waals surface area contributed by atoms with E-state index < -0.39 is 18.7 Å². The molecule has 2 rings (SSSR count). The molecule has 0 aliphatic carbocycles. The van der Waals surface area contributed by atoms with E-state index in [4.69, 9.17) is 0 Å². The van der Waals surface area contributed by atoms with E-state index in [1.54, 1.807) is 10.9 Å². The second-order valence-electron chi connectivity index (χ2n) is 4.55. The molecule has 0 saturated carbocycles. The number of rotatable bonds is 5. The first-order chi connectivity index (χ1) is 8.96. The molecule has 0 amide bonds. The van der Waals surface area contributed by atoms with E-state index in [1.807, 2.05) is 24.3 Å². The summed E-state index contributed by atoms with van der Waals surface area (Å²) in [6.45, 7) is 0.262. The summed E-state index contributed by atoms with van der Waals surface area (Å²) < 4.78 is 37.7. The summed E-state index contributed by atoms with van der Waals surface area (Å²) in [5.41, 5.74) is 1.68. The predicted molar refractivity (Wildman–Crippen MR) is 65.6 cm³/mol. The first kappa shape index (κ1) is 13.9. The third-order valence-electron chi connectivity index (χ3n) is 2.93. The first-order valence-corrected chi connectivity index (χ1v) is 6.10. The summed E-state index contributed by atoms with van der Waals surface area (Å²) in [5, 5.41) is 9.76. The van der Waals surface area contributed by atoms with E-state index in [0.29, 0.717) is 0 Å². The Bertz CT molecular complexity index is 536. The highest BCUT2D eigenvalue weighted by Crippen LogP contribution is 2.23. The van der Waals surface area contributed by atoms with Crippen molar-refractivity contribution in [2.45, 2.75) is 38.1 Å². The lowest BCUT2D eigenvalue weighted by atomic mass is 10.1. The van der Waals surface area contributed by atoms with Crippen LogP contribution in [0.3, 0.4) is 0 Å². The number of alkyl halides is 3. The topological polar surface area (TPSA) is 38.0 Å². The molecule has 0 aliphatic rings. The smallest absolute Gasteiger partial charge is 0.389 e. The van der Waals surface area contributed by atoms with Crippen LogP contribution in [-0.2, 0) is 6.54 Å². The largest absolute Gasteiger partial charge is 0.391 e. The van der Waals surface area contributed by atoms with E-state index in [2.05, 4.69) is 4.98 Å². The van der Waals surface area contributed by atoms with Crippen LogP contribution in [0.25, 0.3) is 11.0 Å². The SMILES string of the molecule is OC(CCCC(F)(F)F)Cn1cnc2ccccc21. The summed E-state index contributed by atoms with van der Waals surface area (Å²) in [6.07, 6.45) is -4.13. The monoisotopic (exact) mass is 272 g/mol. The van der Waals surface area contributed by atoms with E-state index in [0.717, 1.165) is 11.0 Å². The molecule has 1 aromatic heterocycles. The maximum atomic E-state index is 12.0. The molecule has 0 radical (unpaired) electrons. The van der Waals surface area contributed by atoms with Crippen molar-refractivity contribution in [3.8, 4) is 0 Å². The fourth-order valence-electron chi connectivity index (χ4n) is 2.01. The summed E-state index contributed by atoms with van der Waals surface area (Å²) in [5.74, 6) is 0. The maximum Gasteiger partial charge on any atom is 0.389 e. The van der Waals surface area contributed by atoms with Gasteiger partial charge in [0.1, 0.15) is 0 Å². The number of aliphatic hydroxyl groups excluding tert-OH is 1. The van der Waals surface area contributed by atoms with Crippen molar-refractivity contribution in [1.82, 2.24) is 9.55 Å². The standard InChI is InChI=1S/C13H15F3N2O/c14-13(15,16)7-3-4-10(19)8-18-9-17-11-5-1-2-6-12(11)18/h1-2,5-6,9-10,19H,3-4,7-8H2. The molecule has 0 aliphatic heterocycles. The van der Waals surface area contributed by atoms with Gasteiger partial charge in [-0.05, 0) is 25.0 Å². The molecule has 104 valence electrons. The van der Waals surface area contributed by atoms with Gasteiger partial charge in [-0.1, -0.05) is 12.1 Å². The zero-order chi connectivity index (χ0) is 13.9. The number of hydrogen-bond acceptors (Lipinski definition) is 2. The van der Waals surface area contributed by atoms with Crippen LogP contribution in [0.5, 0.6) is 0 Å². The Labute approximate surface area is 108 Å². The number of para-hydroxylation sites is 2. The van der Waals surface area contributed by atoms with Crippen LogP contribution < -0.4 is 0 Å². The van der Waals surface area contributed by atoms with Gasteiger partial charge in [-0.2, -0.15) is 13.2 Å². The lowest BCUT2D eigenvalue weighted by molar-refractivity contribution is -0.136. The van der Waals surface area contributed by atoms with Gasteiger partial charge in [-0.15, -0.1) is 0 Å². The van der Waals surface area contributed by atoms with Gasteiger partial charge < -0.3 is 9.67 Å². The second-order valence-corrected chi connectivity index (χ2v) is 4.55. The average molecular weight is 272 g/mol. The van der Waals surface area contributed by atoms with Gasteiger partial charge >= 0.3 is 6.18 Å². The van der Waals surface area contributed by atoms with E-state index in [1.165, 1.54) is 0 Å². The molecule has 6 heteroatoms. The molecule has 19 heavy (non-hydrogen) atoms. The van der Waals surface area contributed by atoms with E-state index >= 15 is 0 Å². The Morgan fingerprint density at radius 3 is 2.74 bits per heavy atom. The lowest BCUT2D eigenvalue weighted by Gasteiger charge is -2.12. The number of aliphatic hydroxyl groups is 1. The first-order valence-electron chi connectivity index (χ1n) is 6.10. The molecule has 0 fully saturated rings. The fourth-order valence-corrected chi connectivity index (χ4v) is 2.01. The van der Waals surface area contributed by atoms with Crippen LogP contribution in [0.15, 0.2) is 30.6 Å². The minimum atomic E-state index is -4.15. The maximum absolute atomic E-state index is 12.0. The van der Waals surface area contributed by atoms with Crippen LogP contribution in [0.2, 0.25) is 0 Å². The molecule has 1 heterocycles. The van der Waals surface area contributed by atoms with Crippen LogP contribution in [0.4, 0.5) is 13.2 Å². The van der Waals surface area contributed by atoms with Crippen LogP contribution in [0.1, 0.15) is 19.3 Å². The van der Waals surface area contributed by atoms with Crippen molar-refractivity contribution in [2.24, 2.45) is 0 Å². The lowest BCUT2D eigenvalue weighted by Crippen LogP contribution is -2.16. The minimum absolute atomic E-state index is 0.0582. The van der Waals surface area contributed by atoms with Gasteiger partial charge in [0.2, 0.25) is 0 Å². The molecule has 3 nitrogen and oxygen atoms in total. The number of fused-ring (bicyclic) bond motifs is 1. The van der Waals surface area contributed by atoms with Gasteiger partial charge in [0, 0.05) is 6.42 Å². The van der Waals surface area contributed by atoms with E-state index in [9.17, 15) is 18.3 Å². The number of imidazole rings is 1. The highest BCUT2D eigenvalue weighted by molar-refractivity contribution is 5.74. The molecule has 0 spiro atoms. The molecule has 1 atom stereocenters. The van der Waals surface area contributed by atoms with Crippen LogP contribution in [-0.4, -0.2) is 26.9 Å². The molecule has 1 aromatic carbocycles. The molecular formula is C13H15F3N2O. The minimum Gasteiger partial charge on any atom is -0.391 e. The molecule has 1 unspecified atom stereocenters. The van der Waals surface area contributed by atoms with E-state index in [-0.39, 0.29) is 19.4 Å². The van der Waals surface area contributed by atoms with Gasteiger partial charge in [-0.25, -0.2) is 4.98 Å². The number of hydrogen-bond donors (Lipinski definition) is 1. The average Bonchev–Trinajstić information content (AvgIpc) is 2.71. The van der Waals surface area contributed by atoms with Crippen LogP contribution in [0, 0.1) is 0 Å². The van der Waals surface area contributed by atoms with Crippen molar-refractivity contribution >= 4 is 11.0 Å². The zero-order valence-corrected chi connectivity index (χ0v) is 10.3. The van der Waals surface area contributed by atoms with Crippen molar-refractivity contribution < 1.29 is 18.3 Å². The summed E-state index contributed by atoms with van der Waals surface area (Å²) in [7, 11) is 0. The van der Waals surface area contributed by atoms with Crippen molar-refractivity contribution in [3.05, 3.63) is 30.6 Å². The van der Waals surface area contributed by atoms with Gasteiger partial charge in [0.25, 0.3) is 0 Å². The third kappa shape index (κ3) is 3.96. The zero-order valence-electron chi connectivity index (χ0n) is 10.3. The summed E-state index contributed by atoms with van der Waals surface area (Å²) >= 11 is 0. The van der Waals surface area contributed by atoms with Gasteiger partial charge in [-0.3, -0.25) is 0 Å². The van der Waals surface area contributed by atoms with Crippen molar-refractivity contribution in [2.75, 3.05) is 0 Å². The van der Waals surface area contributed by atoms with Crippen LogP contribution >= 0.6 is 0 Å². The van der Waals surface area contributed by atoms with Crippen molar-refractivity contribution in [3.63, 3.8) is 0 Å². The molecule has 0 saturated heterocycles. The number of aromatic nitrogens is 2. The normalized spacial score (nSPS) is 13.9. The Morgan fingerprint density at radius 1 is 1.26 bits per heavy atom. The van der Waals surface area contributed by atoms with Crippen molar-refractivity contribution in [1.29, 1.82) is 0 Å².